The average molecular weight is 420 g/mol. The fourth-order valence-corrected chi connectivity index (χ4v) is 3.72. The number of nitrogens with zero attached hydrogens (tertiary/aromatic N) is 1. The van der Waals surface area contributed by atoms with Gasteiger partial charge in [0, 0.05) is 4.47 Å². The largest absolute Gasteiger partial charge is 0.478 e. The second kappa shape index (κ2) is 6.88. The van der Waals surface area contributed by atoms with Crippen LogP contribution in [0.1, 0.15) is 15.9 Å². The van der Waals surface area contributed by atoms with Gasteiger partial charge in [-0.25, -0.2) is 4.79 Å². The van der Waals surface area contributed by atoms with Gasteiger partial charge in [-0.1, -0.05) is 52.0 Å². The minimum Gasteiger partial charge on any atom is -0.478 e. The number of carbonyl (C=O) groups is 2. The molecule has 4 nitrogen and oxygen atoms in total. The van der Waals surface area contributed by atoms with Gasteiger partial charge in [0.25, 0.3) is 5.91 Å². The Kier molecular flexibility index (Phi) is 4.84. The Morgan fingerprint density at radius 3 is 2.33 bits per heavy atom. The first-order valence-corrected chi connectivity index (χ1v) is 8.84. The summed E-state index contributed by atoms with van der Waals surface area (Å²) in [4.78, 5) is 25.5. The SMILES string of the molecule is O=C(O)c1ccc(N2C(=O)C(=Cc3ccc(Br)cc3)SC2=S)cc1. The molecule has 0 radical (unpaired) electrons. The van der Waals surface area contributed by atoms with Crippen LogP contribution in [0.3, 0.4) is 0 Å². The lowest BCUT2D eigenvalue weighted by molar-refractivity contribution is -0.113. The van der Waals surface area contributed by atoms with Gasteiger partial charge in [0.05, 0.1) is 16.2 Å². The van der Waals surface area contributed by atoms with Crippen LogP contribution >= 0.6 is 39.9 Å². The summed E-state index contributed by atoms with van der Waals surface area (Å²) in [5, 5.41) is 8.95. The predicted octanol–water partition coefficient (Wildman–Crippen LogP) is 4.55. The number of anilines is 1. The van der Waals surface area contributed by atoms with Crippen molar-refractivity contribution >= 4 is 67.9 Å². The van der Waals surface area contributed by atoms with E-state index in [1.54, 1.807) is 18.2 Å². The molecule has 1 saturated heterocycles. The van der Waals surface area contributed by atoms with E-state index in [0.717, 1.165) is 10.0 Å². The van der Waals surface area contributed by atoms with E-state index in [1.165, 1.54) is 28.8 Å². The second-order valence-electron chi connectivity index (χ2n) is 4.92. The predicted molar refractivity (Wildman–Crippen MR) is 103 cm³/mol. The van der Waals surface area contributed by atoms with Crippen LogP contribution < -0.4 is 4.90 Å². The van der Waals surface area contributed by atoms with Crippen molar-refractivity contribution in [2.24, 2.45) is 0 Å². The quantitative estimate of drug-likeness (QED) is 0.583. The van der Waals surface area contributed by atoms with Crippen LogP contribution in [-0.2, 0) is 4.79 Å². The van der Waals surface area contributed by atoms with E-state index in [9.17, 15) is 9.59 Å². The fourth-order valence-electron chi connectivity index (χ4n) is 2.15. The molecule has 0 unspecified atom stereocenters. The molecule has 1 N–H and O–H groups in total. The third-order valence-electron chi connectivity index (χ3n) is 3.33. The highest BCUT2D eigenvalue weighted by atomic mass is 79.9. The number of rotatable bonds is 3. The molecule has 1 heterocycles. The van der Waals surface area contributed by atoms with Crippen molar-refractivity contribution in [1.29, 1.82) is 0 Å². The van der Waals surface area contributed by atoms with Crippen molar-refractivity contribution < 1.29 is 14.7 Å². The van der Waals surface area contributed by atoms with E-state index >= 15 is 0 Å². The van der Waals surface area contributed by atoms with Crippen molar-refractivity contribution in [2.75, 3.05) is 4.90 Å². The Bertz CT molecular complexity index is 860. The molecule has 0 bridgehead atoms. The first kappa shape index (κ1) is 16.9. The number of amides is 1. The Labute approximate surface area is 156 Å². The van der Waals surface area contributed by atoms with Gasteiger partial charge in [0.15, 0.2) is 4.32 Å². The number of aromatic carboxylic acids is 1. The lowest BCUT2D eigenvalue weighted by atomic mass is 10.2. The zero-order chi connectivity index (χ0) is 17.3. The third-order valence-corrected chi connectivity index (χ3v) is 5.16. The number of halogens is 1. The molecule has 0 saturated carbocycles. The van der Waals surface area contributed by atoms with E-state index in [0.29, 0.717) is 14.9 Å². The molecular formula is C17H10BrNO3S2. The summed E-state index contributed by atoms with van der Waals surface area (Å²) >= 11 is 9.90. The topological polar surface area (TPSA) is 57.6 Å². The number of carboxylic acid groups (broad SMARTS) is 1. The summed E-state index contributed by atoms with van der Waals surface area (Å²) in [6.07, 6.45) is 1.79. The molecule has 1 aliphatic heterocycles. The van der Waals surface area contributed by atoms with E-state index in [4.69, 9.17) is 17.3 Å². The summed E-state index contributed by atoms with van der Waals surface area (Å²) in [5.74, 6) is -1.22. The van der Waals surface area contributed by atoms with Gasteiger partial charge in [-0.2, -0.15) is 0 Å². The maximum Gasteiger partial charge on any atom is 0.335 e. The number of carboxylic acids is 1. The lowest BCUT2D eigenvalue weighted by Gasteiger charge is -2.14. The van der Waals surface area contributed by atoms with Gasteiger partial charge < -0.3 is 5.11 Å². The maximum absolute atomic E-state index is 12.6. The molecule has 1 aliphatic rings. The van der Waals surface area contributed by atoms with Gasteiger partial charge in [-0.15, -0.1) is 0 Å². The Hall–Kier alpha value is -1.96. The van der Waals surface area contributed by atoms with Gasteiger partial charge in [-0.3, -0.25) is 9.69 Å². The molecule has 0 aromatic heterocycles. The molecular weight excluding hydrogens is 410 g/mol. The standard InChI is InChI=1S/C17H10BrNO3S2/c18-12-5-1-10(2-6-12)9-14-15(20)19(17(23)24-14)13-7-3-11(4-8-13)16(21)22/h1-9H,(H,21,22). The Balaban J connectivity index is 1.88. The van der Waals surface area contributed by atoms with Crippen LogP contribution in [0.15, 0.2) is 57.9 Å². The number of carbonyl (C=O) groups excluding carboxylic acids is 1. The molecule has 0 spiro atoms. The lowest BCUT2D eigenvalue weighted by Crippen LogP contribution is -2.27. The second-order valence-corrected chi connectivity index (χ2v) is 7.51. The third kappa shape index (κ3) is 3.43. The number of benzene rings is 2. The number of thiocarbonyl (C=S) groups is 1. The minimum atomic E-state index is -1.01. The van der Waals surface area contributed by atoms with Gasteiger partial charge in [0.2, 0.25) is 0 Å². The van der Waals surface area contributed by atoms with Crippen molar-refractivity contribution in [1.82, 2.24) is 0 Å². The molecule has 24 heavy (non-hydrogen) atoms. The van der Waals surface area contributed by atoms with E-state index < -0.39 is 5.97 Å². The highest BCUT2D eigenvalue weighted by Crippen LogP contribution is 2.36. The number of hydrogen-bond donors (Lipinski definition) is 1. The average Bonchev–Trinajstić information content (AvgIpc) is 2.83. The summed E-state index contributed by atoms with van der Waals surface area (Å²) in [5.41, 5.74) is 1.62. The van der Waals surface area contributed by atoms with Crippen LogP contribution in [-0.4, -0.2) is 21.3 Å². The molecule has 0 atom stereocenters. The normalized spacial score (nSPS) is 16.0. The number of thioether (sulfide) groups is 1. The first-order valence-electron chi connectivity index (χ1n) is 6.82. The highest BCUT2D eigenvalue weighted by molar-refractivity contribution is 9.10. The van der Waals surface area contributed by atoms with Crippen molar-refractivity contribution in [3.63, 3.8) is 0 Å². The molecule has 3 rings (SSSR count). The molecule has 7 heteroatoms. The van der Waals surface area contributed by atoms with E-state index in [2.05, 4.69) is 15.9 Å². The molecule has 2 aromatic rings. The summed E-state index contributed by atoms with van der Waals surface area (Å²) in [7, 11) is 0. The van der Waals surface area contributed by atoms with Gasteiger partial charge in [0.1, 0.15) is 0 Å². The van der Waals surface area contributed by atoms with Crippen LogP contribution in [0.2, 0.25) is 0 Å². The van der Waals surface area contributed by atoms with Crippen LogP contribution in [0.5, 0.6) is 0 Å². The fraction of sp³-hybridized carbons (Fsp3) is 0. The zero-order valence-electron chi connectivity index (χ0n) is 12.1. The Morgan fingerprint density at radius 2 is 1.75 bits per heavy atom. The van der Waals surface area contributed by atoms with Crippen LogP contribution in [0, 0.1) is 0 Å². The minimum absolute atomic E-state index is 0.162. The van der Waals surface area contributed by atoms with Gasteiger partial charge in [-0.05, 0) is 48.0 Å². The van der Waals surface area contributed by atoms with Crippen molar-refractivity contribution in [2.45, 2.75) is 0 Å². The van der Waals surface area contributed by atoms with E-state index in [-0.39, 0.29) is 11.5 Å². The first-order chi connectivity index (χ1) is 11.5. The molecule has 2 aromatic carbocycles. The van der Waals surface area contributed by atoms with Crippen LogP contribution in [0.25, 0.3) is 6.08 Å². The Morgan fingerprint density at radius 1 is 1.12 bits per heavy atom. The van der Waals surface area contributed by atoms with Crippen LogP contribution in [0.4, 0.5) is 5.69 Å². The van der Waals surface area contributed by atoms with Crippen molar-refractivity contribution in [3.8, 4) is 0 Å². The summed E-state index contributed by atoms with van der Waals surface area (Å²) < 4.78 is 1.39. The highest BCUT2D eigenvalue weighted by Gasteiger charge is 2.33. The summed E-state index contributed by atoms with van der Waals surface area (Å²) in [6, 6.07) is 13.7. The van der Waals surface area contributed by atoms with Crippen molar-refractivity contribution in [3.05, 3.63) is 69.0 Å². The molecule has 1 fully saturated rings. The smallest absolute Gasteiger partial charge is 0.335 e. The monoisotopic (exact) mass is 419 g/mol. The van der Waals surface area contributed by atoms with E-state index in [1.807, 2.05) is 24.3 Å². The number of hydrogen-bond acceptors (Lipinski definition) is 4. The zero-order valence-corrected chi connectivity index (χ0v) is 15.3. The molecule has 120 valence electrons. The summed E-state index contributed by atoms with van der Waals surface area (Å²) in [6.45, 7) is 0. The van der Waals surface area contributed by atoms with Gasteiger partial charge >= 0.3 is 5.97 Å². The molecule has 1 amide bonds. The maximum atomic E-state index is 12.6. The molecule has 0 aliphatic carbocycles.